The minimum Gasteiger partial charge on any atom is -0.456 e. The number of hydrogen-bond acceptors (Lipinski definition) is 4. The molecule has 0 N–H and O–H groups in total. The summed E-state index contributed by atoms with van der Waals surface area (Å²) in [7, 11) is 0. The van der Waals surface area contributed by atoms with Crippen molar-refractivity contribution in [2.75, 3.05) is 4.90 Å². The molecule has 11 rings (SSSR count). The Bertz CT molecular complexity index is 3220. The van der Waals surface area contributed by atoms with Gasteiger partial charge in [0.05, 0.1) is 5.69 Å². The Labute approximate surface area is 311 Å². The van der Waals surface area contributed by atoms with E-state index in [1.165, 1.54) is 10.8 Å². The first-order valence-electron chi connectivity index (χ1n) is 18.3. The third-order valence-corrected chi connectivity index (χ3v) is 10.7. The molecule has 0 spiro atoms. The van der Waals surface area contributed by atoms with E-state index in [0.29, 0.717) is 5.89 Å². The van der Waals surface area contributed by atoms with Crippen molar-refractivity contribution in [1.29, 1.82) is 0 Å². The van der Waals surface area contributed by atoms with Gasteiger partial charge in [-0.15, -0.1) is 0 Å². The van der Waals surface area contributed by atoms with Crippen LogP contribution in [0.1, 0.15) is 5.56 Å². The van der Waals surface area contributed by atoms with Crippen LogP contribution < -0.4 is 4.90 Å². The fourth-order valence-electron chi connectivity index (χ4n) is 8.15. The SMILES string of the molecule is Cc1cc(-c2ccc(N(c3ccc4ccc5ccc6nc(-c7ccccc7)oc6c5c4c3)c3cccc4ccccc34)cc2)cc2c1oc1ccccc12. The van der Waals surface area contributed by atoms with Gasteiger partial charge in [0, 0.05) is 38.5 Å². The Balaban J connectivity index is 1.10. The topological polar surface area (TPSA) is 42.4 Å². The second-order valence-electron chi connectivity index (χ2n) is 14.0. The molecule has 0 aliphatic rings. The largest absolute Gasteiger partial charge is 0.456 e. The Hall–Kier alpha value is -7.17. The highest BCUT2D eigenvalue weighted by Gasteiger charge is 2.19. The number of rotatable bonds is 5. The van der Waals surface area contributed by atoms with Crippen molar-refractivity contribution in [3.8, 4) is 22.6 Å². The van der Waals surface area contributed by atoms with Crippen molar-refractivity contribution < 1.29 is 8.83 Å². The van der Waals surface area contributed by atoms with Crippen LogP contribution in [0.2, 0.25) is 0 Å². The number of oxazole rings is 1. The van der Waals surface area contributed by atoms with E-state index in [1.807, 2.05) is 42.5 Å². The summed E-state index contributed by atoms with van der Waals surface area (Å²) in [5.41, 5.74) is 11.1. The number of hydrogen-bond donors (Lipinski definition) is 0. The number of nitrogens with zero attached hydrogens (tertiary/aromatic N) is 2. The smallest absolute Gasteiger partial charge is 0.227 e. The molecule has 254 valence electrons. The van der Waals surface area contributed by atoms with Crippen LogP contribution in [-0.2, 0) is 0 Å². The number of benzene rings is 9. The van der Waals surface area contributed by atoms with Gasteiger partial charge >= 0.3 is 0 Å². The zero-order valence-corrected chi connectivity index (χ0v) is 29.5. The van der Waals surface area contributed by atoms with Gasteiger partial charge in [0.25, 0.3) is 0 Å². The Morgan fingerprint density at radius 3 is 2.04 bits per heavy atom. The third-order valence-electron chi connectivity index (χ3n) is 10.7. The molecule has 0 bridgehead atoms. The Kier molecular flexibility index (Phi) is 6.73. The maximum atomic E-state index is 6.58. The van der Waals surface area contributed by atoms with Crippen molar-refractivity contribution in [1.82, 2.24) is 4.98 Å². The molecule has 2 aromatic heterocycles. The zero-order chi connectivity index (χ0) is 35.8. The summed E-state index contributed by atoms with van der Waals surface area (Å²) >= 11 is 0. The Morgan fingerprint density at radius 2 is 1.15 bits per heavy atom. The van der Waals surface area contributed by atoms with Crippen molar-refractivity contribution in [2.24, 2.45) is 0 Å². The summed E-state index contributed by atoms with van der Waals surface area (Å²) in [6.07, 6.45) is 0. The van der Waals surface area contributed by atoms with Crippen LogP contribution >= 0.6 is 0 Å². The molecule has 0 unspecified atom stereocenters. The summed E-state index contributed by atoms with van der Waals surface area (Å²) in [5.74, 6) is 0.624. The highest BCUT2D eigenvalue weighted by Crippen LogP contribution is 2.43. The lowest BCUT2D eigenvalue weighted by atomic mass is 9.98. The highest BCUT2D eigenvalue weighted by molar-refractivity contribution is 6.19. The molecule has 4 heteroatoms. The van der Waals surface area contributed by atoms with E-state index in [-0.39, 0.29) is 0 Å². The summed E-state index contributed by atoms with van der Waals surface area (Å²) in [5, 5.41) is 9.08. The molecular formula is C50H32N2O2. The van der Waals surface area contributed by atoms with Gasteiger partial charge in [0.15, 0.2) is 5.58 Å². The average Bonchev–Trinajstić information content (AvgIpc) is 3.84. The first kappa shape index (κ1) is 30.5. The van der Waals surface area contributed by atoms with E-state index in [1.54, 1.807) is 0 Å². The number of anilines is 3. The molecule has 2 heterocycles. The van der Waals surface area contributed by atoms with Crippen molar-refractivity contribution in [3.05, 3.63) is 181 Å². The van der Waals surface area contributed by atoms with Gasteiger partial charge < -0.3 is 13.7 Å². The number of aromatic nitrogens is 1. The molecule has 0 aliphatic heterocycles. The van der Waals surface area contributed by atoms with Crippen LogP contribution in [-0.4, -0.2) is 4.98 Å². The minimum atomic E-state index is 0.624. The lowest BCUT2D eigenvalue weighted by molar-refractivity contribution is 0.623. The molecule has 0 aliphatic carbocycles. The number of aryl methyl sites for hydroxylation is 1. The van der Waals surface area contributed by atoms with Gasteiger partial charge in [0.2, 0.25) is 5.89 Å². The van der Waals surface area contributed by atoms with Gasteiger partial charge in [0.1, 0.15) is 16.7 Å². The molecule has 4 nitrogen and oxygen atoms in total. The van der Waals surface area contributed by atoms with E-state index in [2.05, 4.69) is 145 Å². The third kappa shape index (κ3) is 4.81. The van der Waals surface area contributed by atoms with E-state index >= 15 is 0 Å². The second kappa shape index (κ2) is 11.9. The standard InChI is InChI=1S/C50H32N2O2/c1-31-28-37(29-43-41-15-7-8-17-46(41)53-48(31)43)32-20-24-38(25-21-32)52(45-16-9-13-33-10-5-6-14-40(33)45)39-26-22-34-18-19-35-23-27-44-49(47(35)42(34)30-39)54-50(51-44)36-11-3-2-4-12-36/h2-30H,1H3. The van der Waals surface area contributed by atoms with Gasteiger partial charge in [-0.2, -0.15) is 0 Å². The Morgan fingerprint density at radius 1 is 0.444 bits per heavy atom. The molecule has 54 heavy (non-hydrogen) atoms. The normalized spacial score (nSPS) is 11.8. The van der Waals surface area contributed by atoms with Crippen LogP contribution in [0.4, 0.5) is 17.1 Å². The van der Waals surface area contributed by atoms with E-state index in [0.717, 1.165) is 93.9 Å². The van der Waals surface area contributed by atoms with Crippen molar-refractivity contribution >= 4 is 82.4 Å². The van der Waals surface area contributed by atoms with Gasteiger partial charge in [-0.25, -0.2) is 4.98 Å². The lowest BCUT2D eigenvalue weighted by Gasteiger charge is -2.27. The maximum Gasteiger partial charge on any atom is 0.227 e. The first-order chi connectivity index (χ1) is 26.7. The van der Waals surface area contributed by atoms with E-state index in [9.17, 15) is 0 Å². The molecule has 9 aromatic carbocycles. The predicted octanol–water partition coefficient (Wildman–Crippen LogP) is 14.3. The summed E-state index contributed by atoms with van der Waals surface area (Å²) in [6.45, 7) is 2.13. The first-order valence-corrected chi connectivity index (χ1v) is 18.3. The molecule has 0 radical (unpaired) electrons. The molecule has 0 amide bonds. The fraction of sp³-hybridized carbons (Fsp3) is 0.0200. The monoisotopic (exact) mass is 692 g/mol. The summed E-state index contributed by atoms with van der Waals surface area (Å²) in [4.78, 5) is 7.28. The quantitative estimate of drug-likeness (QED) is 0.168. The van der Waals surface area contributed by atoms with Crippen LogP contribution in [0, 0.1) is 6.92 Å². The predicted molar refractivity (Wildman–Crippen MR) is 224 cm³/mol. The van der Waals surface area contributed by atoms with Crippen LogP contribution in [0.15, 0.2) is 185 Å². The minimum absolute atomic E-state index is 0.624. The van der Waals surface area contributed by atoms with Gasteiger partial charge in [-0.1, -0.05) is 109 Å². The molecule has 0 saturated carbocycles. The van der Waals surface area contributed by atoms with Crippen molar-refractivity contribution in [3.63, 3.8) is 0 Å². The fourth-order valence-corrected chi connectivity index (χ4v) is 8.15. The summed E-state index contributed by atoms with van der Waals surface area (Å²) < 4.78 is 12.8. The van der Waals surface area contributed by atoms with E-state index < -0.39 is 0 Å². The van der Waals surface area contributed by atoms with Crippen LogP contribution in [0.3, 0.4) is 0 Å². The zero-order valence-electron chi connectivity index (χ0n) is 29.5. The van der Waals surface area contributed by atoms with Crippen LogP contribution in [0.25, 0.3) is 87.9 Å². The lowest BCUT2D eigenvalue weighted by Crippen LogP contribution is -2.10. The molecule has 11 aromatic rings. The summed E-state index contributed by atoms with van der Waals surface area (Å²) in [6, 6.07) is 62.3. The molecule has 0 fully saturated rings. The molecule has 0 saturated heterocycles. The highest BCUT2D eigenvalue weighted by atomic mass is 16.3. The van der Waals surface area contributed by atoms with Gasteiger partial charge in [-0.05, 0) is 112 Å². The molecular weight excluding hydrogens is 661 g/mol. The van der Waals surface area contributed by atoms with E-state index in [4.69, 9.17) is 13.8 Å². The number of furan rings is 1. The number of para-hydroxylation sites is 1. The van der Waals surface area contributed by atoms with Crippen LogP contribution in [0.5, 0.6) is 0 Å². The average molecular weight is 693 g/mol. The molecule has 0 atom stereocenters. The second-order valence-corrected chi connectivity index (χ2v) is 14.0. The van der Waals surface area contributed by atoms with Gasteiger partial charge in [-0.3, -0.25) is 0 Å². The maximum absolute atomic E-state index is 6.58. The van der Waals surface area contributed by atoms with Crippen molar-refractivity contribution in [2.45, 2.75) is 6.92 Å². The number of fused-ring (bicyclic) bond motifs is 9.